The molecule has 1 aromatic carbocycles. The van der Waals surface area contributed by atoms with Gasteiger partial charge in [-0.05, 0) is 38.3 Å². The number of carbonyl (C=O) groups is 3. The van der Waals surface area contributed by atoms with Crippen molar-refractivity contribution in [3.63, 3.8) is 0 Å². The molecule has 1 fully saturated rings. The van der Waals surface area contributed by atoms with Gasteiger partial charge in [0.25, 0.3) is 5.91 Å². The van der Waals surface area contributed by atoms with Crippen molar-refractivity contribution in [3.8, 4) is 0 Å². The largest absolute Gasteiger partial charge is 0.454 e. The number of urea groups is 1. The van der Waals surface area contributed by atoms with E-state index in [1.165, 1.54) is 19.2 Å². The summed E-state index contributed by atoms with van der Waals surface area (Å²) in [7, 11) is -2.53. The molecule has 1 heterocycles. The Kier molecular flexibility index (Phi) is 6.92. The number of benzene rings is 1. The number of ether oxygens (including phenoxy) is 1. The fraction of sp³-hybridized carbons (Fsp3) is 0.471. The van der Waals surface area contributed by atoms with Gasteiger partial charge in [-0.25, -0.2) is 13.2 Å². The molecule has 148 valence electrons. The fourth-order valence-corrected chi connectivity index (χ4v) is 4.38. The predicted octanol–water partition coefficient (Wildman–Crippen LogP) is 0.537. The number of hydrogen-bond acceptors (Lipinski definition) is 6. The molecule has 0 unspecified atom stereocenters. The molecular weight excluding hydrogens is 374 g/mol. The lowest BCUT2D eigenvalue weighted by molar-refractivity contribution is -0.152. The molecule has 1 aliphatic heterocycles. The van der Waals surface area contributed by atoms with Gasteiger partial charge >= 0.3 is 12.0 Å². The molecule has 0 saturated carbocycles. The van der Waals surface area contributed by atoms with Gasteiger partial charge in [0.15, 0.2) is 6.61 Å². The molecule has 27 heavy (non-hydrogen) atoms. The van der Waals surface area contributed by atoms with E-state index < -0.39 is 40.6 Å². The van der Waals surface area contributed by atoms with Crippen LogP contribution < -0.4 is 10.6 Å². The molecule has 0 spiro atoms. The lowest BCUT2D eigenvalue weighted by atomic mass is 10.1. The molecule has 0 radical (unpaired) electrons. The summed E-state index contributed by atoms with van der Waals surface area (Å²) >= 11 is 0. The third-order valence-electron chi connectivity index (χ3n) is 4.18. The van der Waals surface area contributed by atoms with Gasteiger partial charge in [0.2, 0.25) is 10.0 Å². The highest BCUT2D eigenvalue weighted by atomic mass is 32.2. The van der Waals surface area contributed by atoms with Crippen LogP contribution in [0.3, 0.4) is 0 Å². The smallest absolute Gasteiger partial charge is 0.324 e. The summed E-state index contributed by atoms with van der Waals surface area (Å²) in [4.78, 5) is 35.1. The summed E-state index contributed by atoms with van der Waals surface area (Å²) in [5, 5.41) is 4.16. The molecule has 0 aliphatic carbocycles. The van der Waals surface area contributed by atoms with E-state index in [0.717, 1.165) is 9.87 Å². The topological polar surface area (TPSA) is 122 Å². The number of nitrogens with one attached hydrogen (secondary N) is 2. The molecular formula is C17H23N3O6S. The Balaban J connectivity index is 2.09. The fourth-order valence-electron chi connectivity index (χ4n) is 2.73. The Hall–Kier alpha value is -2.46. The number of carbonyl (C=O) groups excluding carboxylic acids is 3. The highest BCUT2D eigenvalue weighted by Gasteiger charge is 2.38. The first-order chi connectivity index (χ1) is 12.8. The minimum absolute atomic E-state index is 0.102. The Bertz CT molecular complexity index is 806. The predicted molar refractivity (Wildman–Crippen MR) is 96.3 cm³/mol. The van der Waals surface area contributed by atoms with Gasteiger partial charge in [0, 0.05) is 13.6 Å². The van der Waals surface area contributed by atoms with Crippen molar-refractivity contribution in [2.45, 2.75) is 37.1 Å². The summed E-state index contributed by atoms with van der Waals surface area (Å²) in [5.41, 5.74) is 0.922. The van der Waals surface area contributed by atoms with Crippen LogP contribution in [0.4, 0.5) is 4.79 Å². The van der Waals surface area contributed by atoms with Crippen LogP contribution in [0.15, 0.2) is 29.2 Å². The zero-order valence-corrected chi connectivity index (χ0v) is 16.0. The van der Waals surface area contributed by atoms with Gasteiger partial charge in [-0.15, -0.1) is 0 Å². The van der Waals surface area contributed by atoms with Gasteiger partial charge in [0.05, 0.1) is 4.90 Å². The van der Waals surface area contributed by atoms with Crippen LogP contribution in [-0.2, 0) is 24.3 Å². The van der Waals surface area contributed by atoms with E-state index in [2.05, 4.69) is 5.32 Å². The standard InChI is InChI=1S/C17H23N3O6S/c1-12-6-8-13(9-7-12)27(24,25)20-10-4-3-5-14(20)16(22)26-11-15(21)19-17(23)18-2/h6-9,14H,3-5,10-11H2,1-2H3,(H2,18,19,21,23)/t14-/m1/s1. The van der Waals surface area contributed by atoms with Crippen LogP contribution in [0.25, 0.3) is 0 Å². The number of amides is 3. The van der Waals surface area contributed by atoms with Gasteiger partial charge in [0.1, 0.15) is 6.04 Å². The lowest BCUT2D eigenvalue weighted by Gasteiger charge is -2.32. The van der Waals surface area contributed by atoms with E-state index in [1.807, 2.05) is 12.2 Å². The van der Waals surface area contributed by atoms with Crippen molar-refractivity contribution in [1.82, 2.24) is 14.9 Å². The highest BCUT2D eigenvalue weighted by Crippen LogP contribution is 2.26. The molecule has 0 aromatic heterocycles. The second-order valence-electron chi connectivity index (χ2n) is 6.18. The maximum atomic E-state index is 12.9. The molecule has 3 amide bonds. The van der Waals surface area contributed by atoms with Crippen LogP contribution in [0.5, 0.6) is 0 Å². The SMILES string of the molecule is CNC(=O)NC(=O)COC(=O)[C@H]1CCCCN1S(=O)(=O)c1ccc(C)cc1. The van der Waals surface area contributed by atoms with Gasteiger partial charge in [-0.2, -0.15) is 4.31 Å². The van der Waals surface area contributed by atoms with Gasteiger partial charge in [-0.3, -0.25) is 14.9 Å². The minimum atomic E-state index is -3.87. The molecule has 1 atom stereocenters. The molecule has 1 saturated heterocycles. The van der Waals surface area contributed by atoms with Crippen molar-refractivity contribution in [2.24, 2.45) is 0 Å². The van der Waals surface area contributed by atoms with Crippen LogP contribution in [0.2, 0.25) is 0 Å². The molecule has 1 aromatic rings. The first kappa shape index (κ1) is 20.8. The molecule has 10 heteroatoms. The number of esters is 1. The van der Waals surface area contributed by atoms with Gasteiger partial charge < -0.3 is 10.1 Å². The number of imide groups is 1. The van der Waals surface area contributed by atoms with Crippen LogP contribution in [0.1, 0.15) is 24.8 Å². The number of nitrogens with zero attached hydrogens (tertiary/aromatic N) is 1. The monoisotopic (exact) mass is 397 g/mol. The van der Waals surface area contributed by atoms with E-state index in [0.29, 0.717) is 19.3 Å². The van der Waals surface area contributed by atoms with E-state index in [9.17, 15) is 22.8 Å². The Morgan fingerprint density at radius 3 is 2.48 bits per heavy atom. The molecule has 0 bridgehead atoms. The number of piperidine rings is 1. The van der Waals surface area contributed by atoms with Crippen molar-refractivity contribution in [1.29, 1.82) is 0 Å². The van der Waals surface area contributed by atoms with Crippen molar-refractivity contribution >= 4 is 27.9 Å². The minimum Gasteiger partial charge on any atom is -0.454 e. The first-order valence-corrected chi connectivity index (χ1v) is 9.96. The molecule has 2 N–H and O–H groups in total. The zero-order chi connectivity index (χ0) is 20.0. The maximum Gasteiger partial charge on any atom is 0.324 e. The summed E-state index contributed by atoms with van der Waals surface area (Å²) < 4.78 is 31.9. The Morgan fingerprint density at radius 2 is 1.85 bits per heavy atom. The first-order valence-electron chi connectivity index (χ1n) is 8.52. The summed E-state index contributed by atoms with van der Waals surface area (Å²) in [6, 6.07) is 4.65. The van der Waals surface area contributed by atoms with E-state index in [1.54, 1.807) is 12.1 Å². The van der Waals surface area contributed by atoms with Gasteiger partial charge in [-0.1, -0.05) is 17.7 Å². The summed E-state index contributed by atoms with van der Waals surface area (Å²) in [6.07, 6.45) is 1.61. The number of aryl methyl sites for hydroxylation is 1. The third-order valence-corrected chi connectivity index (χ3v) is 6.10. The Labute approximate surface area is 158 Å². The summed E-state index contributed by atoms with van der Waals surface area (Å²) in [5.74, 6) is -1.61. The summed E-state index contributed by atoms with van der Waals surface area (Å²) in [6.45, 7) is 1.38. The third kappa shape index (κ3) is 5.27. The maximum absolute atomic E-state index is 12.9. The van der Waals surface area contributed by atoms with E-state index in [-0.39, 0.29) is 11.4 Å². The van der Waals surface area contributed by atoms with Crippen molar-refractivity contribution in [3.05, 3.63) is 29.8 Å². The lowest BCUT2D eigenvalue weighted by Crippen LogP contribution is -2.49. The van der Waals surface area contributed by atoms with Crippen LogP contribution in [0, 0.1) is 6.92 Å². The molecule has 9 nitrogen and oxygen atoms in total. The molecule has 2 rings (SSSR count). The second-order valence-corrected chi connectivity index (χ2v) is 8.07. The molecule has 1 aliphatic rings. The number of sulfonamides is 1. The quantitative estimate of drug-likeness (QED) is 0.699. The second kappa shape index (κ2) is 8.96. The van der Waals surface area contributed by atoms with Crippen LogP contribution in [-0.4, -0.2) is 56.9 Å². The average molecular weight is 397 g/mol. The van der Waals surface area contributed by atoms with E-state index in [4.69, 9.17) is 4.74 Å². The average Bonchev–Trinajstić information content (AvgIpc) is 2.66. The highest BCUT2D eigenvalue weighted by molar-refractivity contribution is 7.89. The van der Waals surface area contributed by atoms with Crippen molar-refractivity contribution < 1.29 is 27.5 Å². The van der Waals surface area contributed by atoms with Crippen molar-refractivity contribution in [2.75, 3.05) is 20.2 Å². The zero-order valence-electron chi connectivity index (χ0n) is 15.2. The number of hydrogen-bond donors (Lipinski definition) is 2. The normalized spacial score (nSPS) is 17.8. The Morgan fingerprint density at radius 1 is 1.19 bits per heavy atom. The van der Waals surface area contributed by atoms with Crippen LogP contribution >= 0.6 is 0 Å². The van der Waals surface area contributed by atoms with E-state index >= 15 is 0 Å². The number of rotatable bonds is 5.